The normalized spacial score (nSPS) is 15.9. The summed E-state index contributed by atoms with van der Waals surface area (Å²) in [5.41, 5.74) is 5.70. The van der Waals surface area contributed by atoms with Gasteiger partial charge in [-0.3, -0.25) is 0 Å². The maximum Gasteiger partial charge on any atom is 0.242 e. The van der Waals surface area contributed by atoms with Gasteiger partial charge >= 0.3 is 0 Å². The van der Waals surface area contributed by atoms with Gasteiger partial charge in [-0.2, -0.15) is 0 Å². The molecule has 0 saturated carbocycles. The van der Waals surface area contributed by atoms with Gasteiger partial charge in [0.05, 0.1) is 8.80 Å². The highest BCUT2D eigenvalue weighted by atomic mass is 28.4. The maximum atomic E-state index is 6.78. The molecule has 0 unspecified atom stereocenters. The molecule has 0 bridgehead atoms. The molecule has 0 aliphatic heterocycles. The molecule has 0 fully saturated rings. The van der Waals surface area contributed by atoms with Crippen LogP contribution in [0.1, 0.15) is 64.7 Å². The van der Waals surface area contributed by atoms with Crippen LogP contribution in [-0.4, -0.2) is 17.1 Å². The highest BCUT2D eigenvalue weighted by molar-refractivity contribution is 6.70. The maximum absolute atomic E-state index is 6.78. The van der Waals surface area contributed by atoms with E-state index in [2.05, 4.69) is 98.6 Å². The van der Waals surface area contributed by atoms with Gasteiger partial charge in [0.25, 0.3) is 0 Å². The first kappa shape index (κ1) is 22.2. The van der Waals surface area contributed by atoms with Crippen molar-refractivity contribution in [2.24, 2.45) is 0 Å². The summed E-state index contributed by atoms with van der Waals surface area (Å²) in [5.74, 6) is 1.14. The van der Waals surface area contributed by atoms with Crippen LogP contribution in [0.15, 0.2) is 29.5 Å². The van der Waals surface area contributed by atoms with E-state index in [0.717, 1.165) is 12.2 Å². The Morgan fingerprint density at radius 2 is 1.52 bits per heavy atom. The zero-order valence-electron chi connectivity index (χ0n) is 19.5. The third-order valence-corrected chi connectivity index (χ3v) is 7.88. The van der Waals surface area contributed by atoms with E-state index in [4.69, 9.17) is 4.43 Å². The molecule has 3 heteroatoms. The van der Waals surface area contributed by atoms with Crippen molar-refractivity contribution in [3.63, 3.8) is 0 Å². The van der Waals surface area contributed by atoms with Gasteiger partial charge in [0.2, 0.25) is 8.32 Å². The SMILES string of the molecule is C[SiH](C)C1=C(c2cc(C(C)(C)C)cc(C(C)(C)C)c2O[Si](C)(C)C)C=CC1. The van der Waals surface area contributed by atoms with Gasteiger partial charge < -0.3 is 4.43 Å². The minimum absolute atomic E-state index is 0.0449. The van der Waals surface area contributed by atoms with Gasteiger partial charge in [-0.15, -0.1) is 0 Å². The van der Waals surface area contributed by atoms with Crippen LogP contribution in [0.2, 0.25) is 32.7 Å². The molecule has 0 amide bonds. The van der Waals surface area contributed by atoms with Crippen LogP contribution in [0.25, 0.3) is 5.57 Å². The van der Waals surface area contributed by atoms with Crippen molar-refractivity contribution >= 4 is 22.7 Å². The second-order valence-corrected chi connectivity index (χ2v) is 18.8. The summed E-state index contributed by atoms with van der Waals surface area (Å²) in [7, 11) is -2.61. The molecule has 1 aromatic rings. The van der Waals surface area contributed by atoms with E-state index in [0.29, 0.717) is 0 Å². The van der Waals surface area contributed by atoms with Gasteiger partial charge in [0, 0.05) is 5.56 Å². The van der Waals surface area contributed by atoms with Crippen molar-refractivity contribution in [1.29, 1.82) is 0 Å². The Kier molecular flexibility index (Phi) is 6.09. The first-order valence-corrected chi connectivity index (χ1v) is 16.7. The predicted octanol–water partition coefficient (Wildman–Crippen LogP) is 7.23. The fraction of sp³-hybridized carbons (Fsp3) is 0.583. The first-order valence-electron chi connectivity index (χ1n) is 10.4. The van der Waals surface area contributed by atoms with Crippen molar-refractivity contribution in [2.75, 3.05) is 0 Å². The fourth-order valence-corrected chi connectivity index (χ4v) is 5.88. The third-order valence-electron chi connectivity index (χ3n) is 5.13. The molecular formula is C24H40OSi2. The Morgan fingerprint density at radius 1 is 0.926 bits per heavy atom. The molecule has 1 aliphatic carbocycles. The molecule has 150 valence electrons. The quantitative estimate of drug-likeness (QED) is 0.484. The van der Waals surface area contributed by atoms with Gasteiger partial charge in [-0.05, 0) is 59.7 Å². The van der Waals surface area contributed by atoms with Crippen molar-refractivity contribution in [3.8, 4) is 5.75 Å². The second kappa shape index (κ2) is 7.40. The summed E-state index contributed by atoms with van der Waals surface area (Å²) >= 11 is 0. The molecule has 0 heterocycles. The number of benzene rings is 1. The highest BCUT2D eigenvalue weighted by Gasteiger charge is 2.30. The molecule has 0 spiro atoms. The van der Waals surface area contributed by atoms with E-state index in [1.807, 2.05) is 0 Å². The number of rotatable bonds is 4. The Hall–Kier alpha value is -1.07. The summed E-state index contributed by atoms with van der Waals surface area (Å²) < 4.78 is 6.78. The summed E-state index contributed by atoms with van der Waals surface area (Å²) in [6.07, 6.45) is 5.82. The standard InChI is InChI=1S/C24H40OSi2/c1-23(2,3)17-15-19(18-13-12-14-21(18)26(7)8)22(25-27(9,10)11)20(16-17)24(4,5)6/h12-13,15-16,26H,14H2,1-11H3. The molecule has 0 saturated heterocycles. The molecular weight excluding hydrogens is 360 g/mol. The third kappa shape index (κ3) is 5.26. The van der Waals surface area contributed by atoms with E-state index in [-0.39, 0.29) is 10.8 Å². The van der Waals surface area contributed by atoms with Gasteiger partial charge in [-0.25, -0.2) is 0 Å². The Labute approximate surface area is 170 Å². The first-order chi connectivity index (χ1) is 12.1. The van der Waals surface area contributed by atoms with Crippen molar-refractivity contribution < 1.29 is 4.43 Å². The zero-order chi connectivity index (χ0) is 20.8. The Morgan fingerprint density at radius 3 is 1.96 bits per heavy atom. The largest absolute Gasteiger partial charge is 0.544 e. The van der Waals surface area contributed by atoms with Crippen LogP contribution < -0.4 is 4.43 Å². The minimum Gasteiger partial charge on any atom is -0.544 e. The molecule has 0 N–H and O–H groups in total. The summed E-state index contributed by atoms with van der Waals surface area (Å²) in [4.78, 5) is 0. The van der Waals surface area contributed by atoms with Crippen LogP contribution >= 0.6 is 0 Å². The van der Waals surface area contributed by atoms with Crippen LogP contribution in [-0.2, 0) is 10.8 Å². The number of hydrogen-bond acceptors (Lipinski definition) is 1. The lowest BCUT2D eigenvalue weighted by Gasteiger charge is -2.33. The summed E-state index contributed by atoms with van der Waals surface area (Å²) in [6.45, 7) is 25.6. The minimum atomic E-state index is -1.74. The monoisotopic (exact) mass is 400 g/mol. The van der Waals surface area contributed by atoms with Crippen LogP contribution in [0.5, 0.6) is 5.75 Å². The Balaban J connectivity index is 2.90. The smallest absolute Gasteiger partial charge is 0.242 e. The molecule has 1 aromatic carbocycles. The molecule has 27 heavy (non-hydrogen) atoms. The topological polar surface area (TPSA) is 9.23 Å². The average molecular weight is 401 g/mol. The lowest BCUT2D eigenvalue weighted by molar-refractivity contribution is 0.502. The molecule has 2 rings (SSSR count). The predicted molar refractivity (Wildman–Crippen MR) is 127 cm³/mol. The highest BCUT2D eigenvalue weighted by Crippen LogP contribution is 2.44. The van der Waals surface area contributed by atoms with Crippen LogP contribution in [0.4, 0.5) is 0 Å². The van der Waals surface area contributed by atoms with E-state index in [1.54, 1.807) is 5.20 Å². The second-order valence-electron chi connectivity index (χ2n) is 11.3. The van der Waals surface area contributed by atoms with Gasteiger partial charge in [-0.1, -0.05) is 78.1 Å². The van der Waals surface area contributed by atoms with Crippen LogP contribution in [0, 0.1) is 0 Å². The van der Waals surface area contributed by atoms with E-state index >= 15 is 0 Å². The van der Waals surface area contributed by atoms with Crippen LogP contribution in [0.3, 0.4) is 0 Å². The number of allylic oxidation sites excluding steroid dienone is 4. The van der Waals surface area contributed by atoms with Crippen molar-refractivity contribution in [2.45, 2.75) is 91.5 Å². The molecule has 1 nitrogen and oxygen atoms in total. The zero-order valence-corrected chi connectivity index (χ0v) is 21.7. The molecule has 0 radical (unpaired) electrons. The fourth-order valence-electron chi connectivity index (χ4n) is 3.57. The van der Waals surface area contributed by atoms with Crippen molar-refractivity contribution in [1.82, 2.24) is 0 Å². The summed E-state index contributed by atoms with van der Waals surface area (Å²) in [6, 6.07) is 4.83. The van der Waals surface area contributed by atoms with Gasteiger partial charge in [0.1, 0.15) is 5.75 Å². The van der Waals surface area contributed by atoms with Crippen molar-refractivity contribution in [3.05, 3.63) is 46.2 Å². The Bertz CT molecular complexity index is 763. The van der Waals surface area contributed by atoms with Gasteiger partial charge in [0.15, 0.2) is 0 Å². The number of hydrogen-bond donors (Lipinski definition) is 0. The van der Waals surface area contributed by atoms with E-state index in [9.17, 15) is 0 Å². The van der Waals surface area contributed by atoms with E-state index in [1.165, 1.54) is 22.3 Å². The molecule has 1 aliphatic rings. The lowest BCUT2D eigenvalue weighted by atomic mass is 9.78. The summed E-state index contributed by atoms with van der Waals surface area (Å²) in [5, 5.41) is 1.67. The molecule has 0 aromatic heterocycles. The molecule has 0 atom stereocenters. The average Bonchev–Trinajstić information content (AvgIpc) is 2.92. The van der Waals surface area contributed by atoms with E-state index < -0.39 is 17.1 Å². The lowest BCUT2D eigenvalue weighted by Crippen LogP contribution is -2.32.